The number of hydrogen-bond donors (Lipinski definition) is 1. The highest BCUT2D eigenvalue weighted by Crippen LogP contribution is 2.35. The molecule has 0 radical (unpaired) electrons. The minimum Gasteiger partial charge on any atom is -0.304 e. The third-order valence-electron chi connectivity index (χ3n) is 3.00. The van der Waals surface area contributed by atoms with Crippen LogP contribution in [0.25, 0.3) is 0 Å². The zero-order valence-electron chi connectivity index (χ0n) is 10.6. The Hall–Kier alpha value is -0.0600. The Morgan fingerprint density at radius 2 is 1.89 bits per heavy atom. The molecule has 1 nitrogen and oxygen atoms in total. The molecule has 0 aliphatic carbocycles. The van der Waals surface area contributed by atoms with Crippen molar-refractivity contribution in [1.82, 2.24) is 5.32 Å². The zero-order chi connectivity index (χ0) is 14.0. The molecule has 2 aromatic rings. The van der Waals surface area contributed by atoms with Gasteiger partial charge in [0.1, 0.15) is 0 Å². The standard InChI is InChI=1S/C14H14BrCl2NS/c1-8(10-4-3-5-11(15)6-10)18-9(2)12-7-13(16)19-14(12)17/h3-9,18H,1-2H3. The summed E-state index contributed by atoms with van der Waals surface area (Å²) < 4.78 is 2.57. The first kappa shape index (κ1) is 15.3. The van der Waals surface area contributed by atoms with E-state index in [1.807, 2.05) is 18.2 Å². The molecule has 0 aliphatic rings. The second kappa shape index (κ2) is 6.59. The molecule has 0 aliphatic heterocycles. The van der Waals surface area contributed by atoms with Crippen molar-refractivity contribution >= 4 is 50.5 Å². The SMILES string of the molecule is CC(NC(C)c1cc(Cl)sc1Cl)c1cccc(Br)c1. The lowest BCUT2D eigenvalue weighted by atomic mass is 10.1. The summed E-state index contributed by atoms with van der Waals surface area (Å²) in [7, 11) is 0. The number of nitrogens with one attached hydrogen (secondary N) is 1. The molecule has 1 aromatic carbocycles. The fraction of sp³-hybridized carbons (Fsp3) is 0.286. The average Bonchev–Trinajstić information content (AvgIpc) is 2.68. The highest BCUT2D eigenvalue weighted by atomic mass is 79.9. The summed E-state index contributed by atoms with van der Waals surface area (Å²) in [5, 5.41) is 3.54. The van der Waals surface area contributed by atoms with Crippen molar-refractivity contribution in [2.24, 2.45) is 0 Å². The first-order chi connectivity index (χ1) is 8.97. The van der Waals surface area contributed by atoms with Gasteiger partial charge in [0.2, 0.25) is 0 Å². The predicted octanol–water partition coefficient (Wildman–Crippen LogP) is 6.23. The van der Waals surface area contributed by atoms with Gasteiger partial charge in [0, 0.05) is 16.6 Å². The Morgan fingerprint density at radius 3 is 2.47 bits per heavy atom. The number of benzene rings is 1. The molecule has 0 spiro atoms. The second-order valence-corrected chi connectivity index (χ2v) is 7.65. The van der Waals surface area contributed by atoms with Gasteiger partial charge in [-0.1, -0.05) is 51.3 Å². The zero-order valence-corrected chi connectivity index (χ0v) is 14.5. The lowest BCUT2D eigenvalue weighted by molar-refractivity contribution is 0.495. The van der Waals surface area contributed by atoms with E-state index in [1.165, 1.54) is 16.9 Å². The third-order valence-corrected chi connectivity index (χ3v) is 5.01. The van der Waals surface area contributed by atoms with Crippen LogP contribution >= 0.6 is 50.5 Å². The number of hydrogen-bond acceptors (Lipinski definition) is 2. The van der Waals surface area contributed by atoms with Crippen LogP contribution in [0.15, 0.2) is 34.8 Å². The first-order valence-electron chi connectivity index (χ1n) is 5.93. The van der Waals surface area contributed by atoms with E-state index in [0.717, 1.165) is 18.7 Å². The van der Waals surface area contributed by atoms with E-state index in [4.69, 9.17) is 23.2 Å². The van der Waals surface area contributed by atoms with Crippen LogP contribution < -0.4 is 5.32 Å². The van der Waals surface area contributed by atoms with Crippen molar-refractivity contribution in [1.29, 1.82) is 0 Å². The second-order valence-electron chi connectivity index (χ2n) is 4.44. The minimum absolute atomic E-state index is 0.158. The van der Waals surface area contributed by atoms with Crippen LogP contribution in [0.4, 0.5) is 0 Å². The number of thiophene rings is 1. The van der Waals surface area contributed by atoms with E-state index in [1.54, 1.807) is 0 Å². The minimum atomic E-state index is 0.158. The summed E-state index contributed by atoms with van der Waals surface area (Å²) >= 11 is 17.1. The molecule has 1 N–H and O–H groups in total. The Kier molecular flexibility index (Phi) is 5.32. The number of rotatable bonds is 4. The van der Waals surface area contributed by atoms with Crippen molar-refractivity contribution < 1.29 is 0 Å². The van der Waals surface area contributed by atoms with Gasteiger partial charge < -0.3 is 5.32 Å². The monoisotopic (exact) mass is 377 g/mol. The molecule has 2 unspecified atom stereocenters. The Labute approximate surface area is 136 Å². The quantitative estimate of drug-likeness (QED) is 0.664. The highest BCUT2D eigenvalue weighted by molar-refractivity contribution is 9.10. The van der Waals surface area contributed by atoms with Gasteiger partial charge in [-0.15, -0.1) is 11.3 Å². The maximum absolute atomic E-state index is 6.18. The maximum atomic E-state index is 6.18. The molecular formula is C14H14BrCl2NS. The molecule has 2 rings (SSSR count). The van der Waals surface area contributed by atoms with Gasteiger partial charge in [0.05, 0.1) is 8.67 Å². The van der Waals surface area contributed by atoms with E-state index in [2.05, 4.69) is 47.2 Å². The fourth-order valence-corrected chi connectivity index (χ4v) is 4.05. The summed E-state index contributed by atoms with van der Waals surface area (Å²) in [5.41, 5.74) is 2.29. The van der Waals surface area contributed by atoms with Gasteiger partial charge in [0.25, 0.3) is 0 Å². The molecule has 2 atom stereocenters. The predicted molar refractivity (Wildman–Crippen MR) is 88.4 cm³/mol. The maximum Gasteiger partial charge on any atom is 0.0991 e. The van der Waals surface area contributed by atoms with E-state index < -0.39 is 0 Å². The Bertz CT molecular complexity index is 570. The molecule has 0 bridgehead atoms. The third kappa shape index (κ3) is 3.96. The summed E-state index contributed by atoms with van der Waals surface area (Å²) in [6.07, 6.45) is 0. The molecule has 5 heteroatoms. The van der Waals surface area contributed by atoms with Crippen LogP contribution in [-0.4, -0.2) is 0 Å². The fourth-order valence-electron chi connectivity index (χ4n) is 1.99. The van der Waals surface area contributed by atoms with Crippen molar-refractivity contribution in [2.45, 2.75) is 25.9 Å². The smallest absolute Gasteiger partial charge is 0.0991 e. The lowest BCUT2D eigenvalue weighted by Crippen LogP contribution is -2.22. The summed E-state index contributed by atoms with van der Waals surface area (Å²) in [5.74, 6) is 0. The average molecular weight is 379 g/mol. The first-order valence-corrected chi connectivity index (χ1v) is 8.30. The molecule has 102 valence electrons. The van der Waals surface area contributed by atoms with Gasteiger partial charge in [-0.05, 0) is 43.2 Å². The molecule has 1 aromatic heterocycles. The summed E-state index contributed by atoms with van der Waals surface area (Å²) in [6.45, 7) is 4.24. The summed E-state index contributed by atoms with van der Waals surface area (Å²) in [6, 6.07) is 10.6. The molecule has 0 fully saturated rings. The molecule has 0 saturated heterocycles. The van der Waals surface area contributed by atoms with Crippen LogP contribution in [-0.2, 0) is 0 Å². The molecular weight excluding hydrogens is 365 g/mol. The van der Waals surface area contributed by atoms with Crippen LogP contribution in [0.5, 0.6) is 0 Å². The Balaban J connectivity index is 2.10. The van der Waals surface area contributed by atoms with Gasteiger partial charge in [0.15, 0.2) is 0 Å². The van der Waals surface area contributed by atoms with Crippen LogP contribution in [0.2, 0.25) is 8.67 Å². The normalized spacial score (nSPS) is 14.4. The van der Waals surface area contributed by atoms with E-state index in [-0.39, 0.29) is 12.1 Å². The summed E-state index contributed by atoms with van der Waals surface area (Å²) in [4.78, 5) is 0. The highest BCUT2D eigenvalue weighted by Gasteiger charge is 2.16. The van der Waals surface area contributed by atoms with Crippen LogP contribution in [0.3, 0.4) is 0 Å². The molecule has 0 saturated carbocycles. The van der Waals surface area contributed by atoms with Crippen molar-refractivity contribution in [3.05, 3.63) is 54.6 Å². The van der Waals surface area contributed by atoms with Gasteiger partial charge in [-0.2, -0.15) is 0 Å². The lowest BCUT2D eigenvalue weighted by Gasteiger charge is -2.20. The van der Waals surface area contributed by atoms with Gasteiger partial charge >= 0.3 is 0 Å². The molecule has 0 amide bonds. The van der Waals surface area contributed by atoms with E-state index in [0.29, 0.717) is 0 Å². The molecule has 1 heterocycles. The largest absolute Gasteiger partial charge is 0.304 e. The van der Waals surface area contributed by atoms with E-state index in [9.17, 15) is 0 Å². The van der Waals surface area contributed by atoms with Gasteiger partial charge in [-0.3, -0.25) is 0 Å². The van der Waals surface area contributed by atoms with Crippen LogP contribution in [0, 0.1) is 0 Å². The van der Waals surface area contributed by atoms with Gasteiger partial charge in [-0.25, -0.2) is 0 Å². The molecule has 19 heavy (non-hydrogen) atoms. The van der Waals surface area contributed by atoms with Crippen LogP contribution in [0.1, 0.15) is 37.1 Å². The van der Waals surface area contributed by atoms with Crippen molar-refractivity contribution in [3.63, 3.8) is 0 Å². The number of halogens is 3. The topological polar surface area (TPSA) is 12.0 Å². The Morgan fingerprint density at radius 1 is 1.16 bits per heavy atom. The van der Waals surface area contributed by atoms with Crippen molar-refractivity contribution in [3.8, 4) is 0 Å². The van der Waals surface area contributed by atoms with E-state index >= 15 is 0 Å². The van der Waals surface area contributed by atoms with Crippen molar-refractivity contribution in [2.75, 3.05) is 0 Å².